The second-order valence-electron chi connectivity index (χ2n) is 4.38. The summed E-state index contributed by atoms with van der Waals surface area (Å²) in [5.41, 5.74) is 0.0234. The number of aliphatic hydroxyl groups excluding tert-OH is 1. The molecule has 0 spiro atoms. The summed E-state index contributed by atoms with van der Waals surface area (Å²) in [7, 11) is 1.29. The summed E-state index contributed by atoms with van der Waals surface area (Å²) >= 11 is 0. The van der Waals surface area contributed by atoms with E-state index in [-0.39, 0.29) is 24.8 Å². The van der Waals surface area contributed by atoms with Crippen LogP contribution < -0.4 is 4.74 Å². The van der Waals surface area contributed by atoms with Crippen molar-refractivity contribution in [3.63, 3.8) is 0 Å². The Balaban J connectivity index is 2.65. The Hall–Kier alpha value is -2.26. The van der Waals surface area contributed by atoms with Crippen LogP contribution in [0.1, 0.15) is 19.8 Å². The average Bonchev–Trinajstić information content (AvgIpc) is 2.54. The molecule has 0 aliphatic heterocycles. The summed E-state index contributed by atoms with van der Waals surface area (Å²) in [4.78, 5) is 3.03. The number of aliphatic hydroxyl groups is 1. The fourth-order valence-electron chi connectivity index (χ4n) is 1.66. The van der Waals surface area contributed by atoms with E-state index in [0.29, 0.717) is 6.61 Å². The van der Waals surface area contributed by atoms with Crippen LogP contribution in [-0.2, 0) is 9.47 Å². The van der Waals surface area contributed by atoms with Crippen molar-refractivity contribution in [3.05, 3.63) is 47.0 Å². The van der Waals surface area contributed by atoms with Crippen molar-refractivity contribution in [2.24, 2.45) is 0 Å². The fraction of sp³-hybridized carbons (Fsp3) is 0.467. The lowest BCUT2D eigenvalue weighted by Crippen LogP contribution is -2.23. The van der Waals surface area contributed by atoms with Crippen LogP contribution in [0.5, 0.6) is 5.75 Å². The zero-order valence-electron chi connectivity index (χ0n) is 12.4. The van der Waals surface area contributed by atoms with Crippen LogP contribution in [0.4, 0.5) is 0 Å². The molecule has 0 aliphatic carbocycles. The Bertz CT molecular complexity index is 482. The molecule has 1 unspecified atom stereocenters. The lowest BCUT2D eigenvalue weighted by molar-refractivity contribution is 0.0191. The van der Waals surface area contributed by atoms with Crippen LogP contribution in [0.25, 0.3) is 4.98 Å². The lowest BCUT2D eigenvalue weighted by Gasteiger charge is -2.16. The molecule has 0 radical (unpaired) electrons. The number of nitrogens with zero attached hydrogens (tertiary/aromatic N) is 2. The van der Waals surface area contributed by atoms with Gasteiger partial charge in [-0.2, -0.15) is 0 Å². The molecular weight excluding hydrogens is 272 g/mol. The van der Waals surface area contributed by atoms with Crippen molar-refractivity contribution in [2.75, 3.05) is 20.3 Å². The number of benzene rings is 1. The van der Waals surface area contributed by atoms with E-state index in [2.05, 4.69) is 9.71 Å². The number of rotatable bonds is 9. The molecule has 0 aliphatic rings. The summed E-state index contributed by atoms with van der Waals surface area (Å²) in [6.45, 7) is 2.82. The number of hydrogen-bond donors (Lipinski definition) is 1. The van der Waals surface area contributed by atoms with Crippen LogP contribution in [0.2, 0.25) is 0 Å². The summed E-state index contributed by atoms with van der Waals surface area (Å²) < 4.78 is 15.9. The third kappa shape index (κ3) is 6.15. The first kappa shape index (κ1) is 16.8. The van der Waals surface area contributed by atoms with Gasteiger partial charge in [0.2, 0.25) is 5.39 Å². The van der Waals surface area contributed by atoms with Crippen LogP contribution in [0, 0.1) is 5.39 Å². The third-order valence-corrected chi connectivity index (χ3v) is 2.72. The minimum Gasteiger partial charge on any atom is -0.491 e. The average molecular weight is 293 g/mol. The van der Waals surface area contributed by atoms with Crippen molar-refractivity contribution in [2.45, 2.75) is 25.9 Å². The molecule has 0 aromatic heterocycles. The Morgan fingerprint density at radius 2 is 2.05 bits per heavy atom. The zero-order valence-corrected chi connectivity index (χ0v) is 12.4. The maximum absolute atomic E-state index is 9.48. The van der Waals surface area contributed by atoms with E-state index in [1.54, 1.807) is 0 Å². The first-order valence-electron chi connectivity index (χ1n) is 6.81. The molecule has 0 heterocycles. The van der Waals surface area contributed by atoms with Gasteiger partial charge in [-0.25, -0.2) is 0 Å². The second-order valence-corrected chi connectivity index (χ2v) is 4.38. The van der Waals surface area contributed by atoms with E-state index < -0.39 is 5.95 Å². The molecular formula is C15H21N2O4+. The van der Waals surface area contributed by atoms with Gasteiger partial charge < -0.3 is 19.3 Å². The molecule has 6 nitrogen and oxygen atoms in total. The first-order valence-corrected chi connectivity index (χ1v) is 6.81. The van der Waals surface area contributed by atoms with Gasteiger partial charge in [0.05, 0.1) is 13.5 Å². The third-order valence-electron chi connectivity index (χ3n) is 2.72. The van der Waals surface area contributed by atoms with E-state index in [0.717, 1.165) is 12.2 Å². The maximum atomic E-state index is 9.48. The standard InChI is InChI=1S/C15H20N2O4/c1-3-9-20-13(10-14(17-16)15(18)19-2)11-21-12-7-5-4-6-8-12/h4-8,13H,3,9-11H2,1-2H3/p+1/b15-14+. The van der Waals surface area contributed by atoms with Crippen LogP contribution >= 0.6 is 0 Å². The minimum absolute atomic E-state index is 0.0234. The Morgan fingerprint density at radius 3 is 2.62 bits per heavy atom. The molecule has 1 aromatic rings. The Morgan fingerprint density at radius 1 is 1.33 bits per heavy atom. The molecule has 0 fully saturated rings. The maximum Gasteiger partial charge on any atom is 0.443 e. The monoisotopic (exact) mass is 293 g/mol. The lowest BCUT2D eigenvalue weighted by atomic mass is 10.2. The largest absolute Gasteiger partial charge is 0.491 e. The van der Waals surface area contributed by atoms with Crippen molar-refractivity contribution in [3.8, 4) is 5.75 Å². The molecule has 0 amide bonds. The van der Waals surface area contributed by atoms with Gasteiger partial charge >= 0.3 is 11.6 Å². The van der Waals surface area contributed by atoms with Gasteiger partial charge in [-0.1, -0.05) is 25.1 Å². The second kappa shape index (κ2) is 9.61. The van der Waals surface area contributed by atoms with Gasteiger partial charge in [-0.05, 0) is 18.6 Å². The number of methoxy groups -OCH3 is 1. The predicted molar refractivity (Wildman–Crippen MR) is 78.3 cm³/mol. The summed E-state index contributed by atoms with van der Waals surface area (Å²) in [6, 6.07) is 9.35. The summed E-state index contributed by atoms with van der Waals surface area (Å²) in [5.74, 6) is 0.298. The number of para-hydroxylation sites is 1. The molecule has 1 N–H and O–H groups in total. The quantitative estimate of drug-likeness (QED) is 0.557. The zero-order chi connectivity index (χ0) is 15.5. The highest BCUT2D eigenvalue weighted by atomic mass is 16.6. The van der Waals surface area contributed by atoms with E-state index in [4.69, 9.17) is 14.9 Å². The van der Waals surface area contributed by atoms with Crippen molar-refractivity contribution < 1.29 is 19.3 Å². The van der Waals surface area contributed by atoms with E-state index in [9.17, 15) is 5.11 Å². The molecule has 0 saturated carbocycles. The molecule has 1 rings (SSSR count). The fourth-order valence-corrected chi connectivity index (χ4v) is 1.66. The molecule has 0 bridgehead atoms. The number of diazo groups is 1. The normalized spacial score (nSPS) is 13.0. The van der Waals surface area contributed by atoms with Crippen LogP contribution in [0.3, 0.4) is 0 Å². The van der Waals surface area contributed by atoms with Gasteiger partial charge in [0.15, 0.2) is 4.98 Å². The SMILES string of the molecule is CCCOC(COc1ccccc1)C/C([N+]#N)=C(/O)OC. The molecule has 114 valence electrons. The Kier molecular flexibility index (Phi) is 7.69. The highest BCUT2D eigenvalue weighted by Gasteiger charge is 2.26. The Labute approximate surface area is 124 Å². The van der Waals surface area contributed by atoms with Gasteiger partial charge in [0.1, 0.15) is 18.5 Å². The molecule has 1 aromatic carbocycles. The predicted octanol–water partition coefficient (Wildman–Crippen LogP) is 3.48. The van der Waals surface area contributed by atoms with Gasteiger partial charge in [0.25, 0.3) is 0 Å². The number of hydrogen-bond acceptors (Lipinski definition) is 5. The summed E-state index contributed by atoms with van der Waals surface area (Å²) in [5, 5.41) is 18.4. The molecule has 0 saturated heterocycles. The minimum atomic E-state index is -0.428. The van der Waals surface area contributed by atoms with Crippen LogP contribution in [-0.4, -0.2) is 31.5 Å². The molecule has 6 heteroatoms. The van der Waals surface area contributed by atoms with E-state index >= 15 is 0 Å². The van der Waals surface area contributed by atoms with E-state index in [1.807, 2.05) is 37.3 Å². The van der Waals surface area contributed by atoms with Crippen molar-refractivity contribution in [1.82, 2.24) is 0 Å². The van der Waals surface area contributed by atoms with Gasteiger partial charge in [0, 0.05) is 6.61 Å². The highest BCUT2D eigenvalue weighted by molar-refractivity contribution is 5.21. The highest BCUT2D eigenvalue weighted by Crippen LogP contribution is 2.16. The summed E-state index contributed by atoms with van der Waals surface area (Å²) in [6.07, 6.45) is 0.685. The molecule has 1 atom stereocenters. The van der Waals surface area contributed by atoms with Crippen LogP contribution in [0.15, 0.2) is 42.0 Å². The number of ether oxygens (including phenoxy) is 3. The topological polar surface area (TPSA) is 76.1 Å². The molecule has 21 heavy (non-hydrogen) atoms. The first-order chi connectivity index (χ1) is 10.2. The van der Waals surface area contributed by atoms with Crippen molar-refractivity contribution >= 4 is 0 Å². The van der Waals surface area contributed by atoms with Gasteiger partial charge in [-0.3, -0.25) is 0 Å². The smallest absolute Gasteiger partial charge is 0.443 e. The van der Waals surface area contributed by atoms with Crippen molar-refractivity contribution in [1.29, 1.82) is 5.39 Å². The van der Waals surface area contributed by atoms with E-state index in [1.165, 1.54) is 7.11 Å². The van der Waals surface area contributed by atoms with Gasteiger partial charge in [-0.15, -0.1) is 0 Å².